The number of anilines is 1. The van der Waals surface area contributed by atoms with Crippen LogP contribution in [0.3, 0.4) is 0 Å². The molecule has 1 N–H and O–H groups in total. The van der Waals surface area contributed by atoms with Crippen LogP contribution < -0.4 is 10.2 Å². The van der Waals surface area contributed by atoms with Crippen molar-refractivity contribution in [1.82, 2.24) is 25.5 Å². The van der Waals surface area contributed by atoms with E-state index in [2.05, 4.69) is 39.1 Å². The molecule has 1 aromatic heterocycles. The molecule has 3 heterocycles. The summed E-state index contributed by atoms with van der Waals surface area (Å²) in [6, 6.07) is 20.0. The summed E-state index contributed by atoms with van der Waals surface area (Å²) >= 11 is 0. The second kappa shape index (κ2) is 8.69. The summed E-state index contributed by atoms with van der Waals surface area (Å²) in [5, 5.41) is 15.4. The maximum absolute atomic E-state index is 12.8. The van der Waals surface area contributed by atoms with Gasteiger partial charge in [0.15, 0.2) is 0 Å². The van der Waals surface area contributed by atoms with Gasteiger partial charge >= 0.3 is 0 Å². The number of fused-ring (bicyclic) bond motifs is 1. The highest BCUT2D eigenvalue weighted by atomic mass is 16.5. The maximum Gasteiger partial charge on any atom is 0.251 e. The van der Waals surface area contributed by atoms with E-state index in [1.165, 1.54) is 0 Å². The zero-order valence-electron chi connectivity index (χ0n) is 17.1. The van der Waals surface area contributed by atoms with Crippen LogP contribution in [0.1, 0.15) is 30.0 Å². The van der Waals surface area contributed by atoms with Gasteiger partial charge in [0, 0.05) is 13.2 Å². The van der Waals surface area contributed by atoms with Crippen LogP contribution >= 0.6 is 0 Å². The standard InChI is InChI=1S/C23H24N6O2/c30-22(24-15-19-12-7-13-31-19)16-28-20(17-8-3-1-4-9-17)14-21(18-10-5-2-6-11-18)29-23(28)25-26-27-29/h1-6,8-11,14,19,21H,7,12-13,15-16H2,(H,24,30)/t19-,21+/m1/s1. The average Bonchev–Trinajstić information content (AvgIpc) is 3.51. The number of rotatable bonds is 6. The number of allylic oxidation sites excluding steroid dienone is 1. The molecule has 5 rings (SSSR count). The van der Waals surface area contributed by atoms with Gasteiger partial charge in [-0.1, -0.05) is 65.8 Å². The molecule has 31 heavy (non-hydrogen) atoms. The average molecular weight is 416 g/mol. The van der Waals surface area contributed by atoms with E-state index < -0.39 is 0 Å². The maximum atomic E-state index is 12.8. The van der Waals surface area contributed by atoms with Gasteiger partial charge in [0.2, 0.25) is 5.91 Å². The third-order valence-electron chi connectivity index (χ3n) is 5.65. The molecule has 2 aliphatic rings. The van der Waals surface area contributed by atoms with Crippen LogP contribution in [0.4, 0.5) is 5.95 Å². The Labute approximate surface area is 180 Å². The van der Waals surface area contributed by atoms with Crippen molar-refractivity contribution in [3.63, 3.8) is 0 Å². The Hall–Kier alpha value is -3.52. The van der Waals surface area contributed by atoms with E-state index >= 15 is 0 Å². The van der Waals surface area contributed by atoms with Crippen molar-refractivity contribution >= 4 is 17.6 Å². The minimum absolute atomic E-state index is 0.0926. The van der Waals surface area contributed by atoms with E-state index in [9.17, 15) is 4.79 Å². The fourth-order valence-corrected chi connectivity index (χ4v) is 4.10. The molecular formula is C23H24N6O2. The Balaban J connectivity index is 1.46. The molecule has 1 fully saturated rings. The van der Waals surface area contributed by atoms with Crippen LogP contribution in [0.25, 0.3) is 5.70 Å². The van der Waals surface area contributed by atoms with E-state index in [0.29, 0.717) is 12.5 Å². The molecule has 8 heteroatoms. The van der Waals surface area contributed by atoms with Crippen LogP contribution in [0, 0.1) is 0 Å². The number of hydrogen-bond acceptors (Lipinski definition) is 6. The zero-order valence-corrected chi connectivity index (χ0v) is 17.1. The summed E-state index contributed by atoms with van der Waals surface area (Å²) in [5.41, 5.74) is 2.99. The SMILES string of the molecule is O=C(CN1C(c2ccccc2)=C[C@@H](c2ccccc2)n2nnnc21)NC[C@H]1CCCO1. The van der Waals surface area contributed by atoms with Crippen LogP contribution in [-0.2, 0) is 9.53 Å². The zero-order chi connectivity index (χ0) is 21.0. The van der Waals surface area contributed by atoms with Crippen LogP contribution in [-0.4, -0.2) is 51.9 Å². The second-order valence-corrected chi connectivity index (χ2v) is 7.72. The number of carbonyl (C=O) groups excluding carboxylic acids is 1. The second-order valence-electron chi connectivity index (χ2n) is 7.72. The normalized spacial score (nSPS) is 20.3. The van der Waals surface area contributed by atoms with Gasteiger partial charge < -0.3 is 10.1 Å². The summed E-state index contributed by atoms with van der Waals surface area (Å²) in [7, 11) is 0. The van der Waals surface area contributed by atoms with Gasteiger partial charge in [0.1, 0.15) is 12.6 Å². The lowest BCUT2D eigenvalue weighted by atomic mass is 10.0. The van der Waals surface area contributed by atoms with Gasteiger partial charge in [0.05, 0.1) is 11.8 Å². The van der Waals surface area contributed by atoms with Crippen LogP contribution in [0.2, 0.25) is 0 Å². The van der Waals surface area contributed by atoms with Gasteiger partial charge in [-0.15, -0.1) is 0 Å². The van der Waals surface area contributed by atoms with Crippen LogP contribution in [0.15, 0.2) is 66.7 Å². The molecule has 8 nitrogen and oxygen atoms in total. The predicted octanol–water partition coefficient (Wildman–Crippen LogP) is 2.42. The Kier molecular flexibility index (Phi) is 5.45. The molecule has 2 aromatic carbocycles. The first-order chi connectivity index (χ1) is 15.3. The minimum Gasteiger partial charge on any atom is -0.376 e. The highest BCUT2D eigenvalue weighted by molar-refractivity contribution is 5.89. The van der Waals surface area contributed by atoms with Crippen molar-refractivity contribution in [2.75, 3.05) is 24.6 Å². The molecule has 0 spiro atoms. The van der Waals surface area contributed by atoms with Gasteiger partial charge in [0.25, 0.3) is 5.95 Å². The topological polar surface area (TPSA) is 85.2 Å². The highest BCUT2D eigenvalue weighted by Crippen LogP contribution is 2.35. The van der Waals surface area contributed by atoms with Gasteiger partial charge in [-0.25, -0.2) is 0 Å². The Bertz CT molecular complexity index is 1060. The number of tetrazole rings is 1. The first-order valence-electron chi connectivity index (χ1n) is 10.6. The number of nitrogens with zero attached hydrogens (tertiary/aromatic N) is 5. The molecule has 0 aliphatic carbocycles. The van der Waals surface area contributed by atoms with E-state index in [-0.39, 0.29) is 24.6 Å². The summed E-state index contributed by atoms with van der Waals surface area (Å²) in [6.45, 7) is 1.41. The molecule has 2 aliphatic heterocycles. The van der Waals surface area contributed by atoms with E-state index in [1.807, 2.05) is 53.4 Å². The van der Waals surface area contributed by atoms with Crippen molar-refractivity contribution in [1.29, 1.82) is 0 Å². The fourth-order valence-electron chi connectivity index (χ4n) is 4.10. The van der Waals surface area contributed by atoms with Gasteiger partial charge in [-0.2, -0.15) is 4.68 Å². The van der Waals surface area contributed by atoms with Crippen LogP contribution in [0.5, 0.6) is 0 Å². The van der Waals surface area contributed by atoms with Crippen molar-refractivity contribution < 1.29 is 9.53 Å². The smallest absolute Gasteiger partial charge is 0.251 e. The van der Waals surface area contributed by atoms with Gasteiger partial charge in [-0.3, -0.25) is 9.69 Å². The molecular weight excluding hydrogens is 392 g/mol. The van der Waals surface area contributed by atoms with E-state index in [0.717, 1.165) is 36.3 Å². The largest absolute Gasteiger partial charge is 0.376 e. The third kappa shape index (κ3) is 4.06. The molecule has 0 unspecified atom stereocenters. The minimum atomic E-state index is -0.160. The lowest BCUT2D eigenvalue weighted by Crippen LogP contribution is -2.42. The lowest BCUT2D eigenvalue weighted by Gasteiger charge is -2.32. The summed E-state index contributed by atoms with van der Waals surface area (Å²) in [6.07, 6.45) is 4.24. The lowest BCUT2D eigenvalue weighted by molar-refractivity contribution is -0.120. The van der Waals surface area contributed by atoms with Crippen molar-refractivity contribution in [2.45, 2.75) is 25.0 Å². The monoisotopic (exact) mass is 416 g/mol. The molecule has 1 amide bonds. The molecule has 1 saturated heterocycles. The van der Waals surface area contributed by atoms with Crippen molar-refractivity contribution in [3.8, 4) is 0 Å². The molecule has 0 saturated carbocycles. The Morgan fingerprint density at radius 1 is 1.10 bits per heavy atom. The van der Waals surface area contributed by atoms with E-state index in [1.54, 1.807) is 4.68 Å². The highest BCUT2D eigenvalue weighted by Gasteiger charge is 2.32. The summed E-state index contributed by atoms with van der Waals surface area (Å²) in [4.78, 5) is 14.7. The number of benzene rings is 2. The molecule has 0 bridgehead atoms. The molecule has 2 atom stereocenters. The third-order valence-corrected chi connectivity index (χ3v) is 5.65. The van der Waals surface area contributed by atoms with Crippen molar-refractivity contribution in [2.24, 2.45) is 0 Å². The van der Waals surface area contributed by atoms with Gasteiger partial charge in [-0.05, 0) is 40.5 Å². The summed E-state index contributed by atoms with van der Waals surface area (Å²) < 4.78 is 7.37. The quantitative estimate of drug-likeness (QED) is 0.664. The predicted molar refractivity (Wildman–Crippen MR) is 116 cm³/mol. The Morgan fingerprint density at radius 3 is 2.61 bits per heavy atom. The first kappa shape index (κ1) is 19.4. The molecule has 158 valence electrons. The number of amides is 1. The summed E-state index contributed by atoms with van der Waals surface area (Å²) in [5.74, 6) is 0.451. The number of ether oxygens (including phenoxy) is 1. The first-order valence-corrected chi connectivity index (χ1v) is 10.6. The number of aromatic nitrogens is 4. The number of nitrogens with one attached hydrogen (secondary N) is 1. The number of hydrogen-bond donors (Lipinski definition) is 1. The van der Waals surface area contributed by atoms with E-state index in [4.69, 9.17) is 4.74 Å². The molecule has 0 radical (unpaired) electrons. The number of carbonyl (C=O) groups is 1. The molecule has 3 aromatic rings. The Morgan fingerprint density at radius 2 is 1.87 bits per heavy atom. The fraction of sp³-hybridized carbons (Fsp3) is 0.304. The van der Waals surface area contributed by atoms with Crippen molar-refractivity contribution in [3.05, 3.63) is 77.9 Å².